The van der Waals surface area contributed by atoms with Gasteiger partial charge in [0.1, 0.15) is 17.0 Å². The van der Waals surface area contributed by atoms with Crippen LogP contribution >= 0.6 is 0 Å². The number of esters is 1. The number of hydrogen-bond donors (Lipinski definition) is 3. The third kappa shape index (κ3) is 2.07. The van der Waals surface area contributed by atoms with Crippen LogP contribution in [-0.2, 0) is 20.7 Å². The molecule has 0 aliphatic heterocycles. The maximum absolute atomic E-state index is 12.8. The highest BCUT2D eigenvalue weighted by Gasteiger charge is 2.63. The standard InChI is InChI=1S/C21H22O5/c1-2-3-11-26-19(23)16-12-20(24)13-7-4-5-8-14(13)21(16,25)15-9-6-10-17(22)18(15)20/h4-10,16,22,24-25H,2-3,11-12H2,1H3. The minimum atomic E-state index is -1.64. The van der Waals surface area contributed by atoms with Crippen LogP contribution in [0.15, 0.2) is 42.5 Å². The molecule has 0 amide bonds. The van der Waals surface area contributed by atoms with E-state index in [9.17, 15) is 20.1 Å². The van der Waals surface area contributed by atoms with Crippen molar-refractivity contribution < 1.29 is 24.9 Å². The van der Waals surface area contributed by atoms with Gasteiger partial charge in [-0.3, -0.25) is 4.79 Å². The predicted octanol–water partition coefficient (Wildman–Crippen LogP) is 2.54. The molecule has 3 aliphatic rings. The normalized spacial score (nSPS) is 28.3. The van der Waals surface area contributed by atoms with Crippen molar-refractivity contribution in [1.29, 1.82) is 0 Å². The lowest BCUT2D eigenvalue weighted by Gasteiger charge is -2.53. The van der Waals surface area contributed by atoms with E-state index in [0.29, 0.717) is 16.7 Å². The first-order valence-electron chi connectivity index (χ1n) is 8.99. The topological polar surface area (TPSA) is 87.0 Å². The molecule has 0 fully saturated rings. The summed E-state index contributed by atoms with van der Waals surface area (Å²) in [6.07, 6.45) is 1.61. The summed E-state index contributed by atoms with van der Waals surface area (Å²) in [6, 6.07) is 11.7. The van der Waals surface area contributed by atoms with Gasteiger partial charge in [-0.15, -0.1) is 0 Å². The first kappa shape index (κ1) is 17.1. The van der Waals surface area contributed by atoms with E-state index in [2.05, 4.69) is 0 Å². The van der Waals surface area contributed by atoms with Crippen molar-refractivity contribution in [2.24, 2.45) is 5.92 Å². The fourth-order valence-corrected chi connectivity index (χ4v) is 4.45. The summed E-state index contributed by atoms with van der Waals surface area (Å²) in [5, 5.41) is 33.6. The lowest BCUT2D eigenvalue weighted by Crippen LogP contribution is -2.57. The van der Waals surface area contributed by atoms with E-state index < -0.39 is 23.1 Å². The van der Waals surface area contributed by atoms with Gasteiger partial charge in [0.15, 0.2) is 0 Å². The van der Waals surface area contributed by atoms with Crippen molar-refractivity contribution in [1.82, 2.24) is 0 Å². The number of hydrogen-bond acceptors (Lipinski definition) is 5. The van der Waals surface area contributed by atoms with Crippen molar-refractivity contribution in [3.63, 3.8) is 0 Å². The van der Waals surface area contributed by atoms with Crippen LogP contribution in [0.4, 0.5) is 0 Å². The zero-order valence-electron chi connectivity index (χ0n) is 14.6. The third-order valence-corrected chi connectivity index (χ3v) is 5.68. The summed E-state index contributed by atoms with van der Waals surface area (Å²) in [5.41, 5.74) is -1.53. The molecular formula is C21H22O5. The molecule has 26 heavy (non-hydrogen) atoms. The minimum absolute atomic E-state index is 0.0317. The Morgan fingerprint density at radius 1 is 1.12 bits per heavy atom. The smallest absolute Gasteiger partial charge is 0.312 e. The molecule has 2 bridgehead atoms. The van der Waals surface area contributed by atoms with Crippen LogP contribution in [-0.4, -0.2) is 27.9 Å². The maximum Gasteiger partial charge on any atom is 0.312 e. The largest absolute Gasteiger partial charge is 0.508 e. The van der Waals surface area contributed by atoms with Gasteiger partial charge in [0.05, 0.1) is 12.5 Å². The molecule has 0 saturated carbocycles. The molecule has 2 aromatic carbocycles. The Kier molecular flexibility index (Phi) is 3.82. The number of carbonyl (C=O) groups excluding carboxylic acids is 1. The quantitative estimate of drug-likeness (QED) is 0.580. The molecule has 3 atom stereocenters. The summed E-state index contributed by atoms with van der Waals surface area (Å²) < 4.78 is 5.37. The first-order chi connectivity index (χ1) is 12.4. The molecular weight excluding hydrogens is 332 g/mol. The Morgan fingerprint density at radius 3 is 2.54 bits per heavy atom. The van der Waals surface area contributed by atoms with E-state index in [0.717, 1.165) is 12.8 Å². The first-order valence-corrected chi connectivity index (χ1v) is 8.99. The SMILES string of the molecule is CCCCOC(=O)C1CC2(O)c3ccccc3C1(O)c1cccc(O)c12. The van der Waals surface area contributed by atoms with Crippen molar-refractivity contribution in [3.8, 4) is 5.75 Å². The monoisotopic (exact) mass is 354 g/mol. The Labute approximate surface area is 151 Å². The Morgan fingerprint density at radius 2 is 1.81 bits per heavy atom. The lowest BCUT2D eigenvalue weighted by atomic mass is 9.54. The van der Waals surface area contributed by atoms with Crippen LogP contribution in [0.2, 0.25) is 0 Å². The molecule has 3 unspecified atom stereocenters. The number of phenolic OH excluding ortho intramolecular Hbond substituents is 1. The van der Waals surface area contributed by atoms with Crippen molar-refractivity contribution in [2.45, 2.75) is 37.4 Å². The molecule has 5 rings (SSSR count). The minimum Gasteiger partial charge on any atom is -0.508 e. The number of fused-ring (bicyclic) bond motifs is 1. The number of rotatable bonds is 4. The number of aliphatic hydroxyl groups is 2. The molecule has 0 aromatic heterocycles. The van der Waals surface area contributed by atoms with Crippen molar-refractivity contribution >= 4 is 5.97 Å². The number of benzene rings is 2. The van der Waals surface area contributed by atoms with Gasteiger partial charge in [-0.1, -0.05) is 49.7 Å². The molecule has 3 aliphatic carbocycles. The molecule has 2 aromatic rings. The van der Waals surface area contributed by atoms with Crippen LogP contribution in [0.5, 0.6) is 5.75 Å². The fraction of sp³-hybridized carbons (Fsp3) is 0.381. The van der Waals surface area contributed by atoms with E-state index in [1.165, 1.54) is 6.07 Å². The number of unbranched alkanes of at least 4 members (excludes halogenated alkanes) is 1. The number of ether oxygens (including phenoxy) is 1. The molecule has 136 valence electrons. The van der Waals surface area contributed by atoms with Gasteiger partial charge in [-0.2, -0.15) is 0 Å². The van der Waals surface area contributed by atoms with Gasteiger partial charge in [0.2, 0.25) is 0 Å². The van der Waals surface area contributed by atoms with Gasteiger partial charge in [-0.05, 0) is 29.2 Å². The van der Waals surface area contributed by atoms with Gasteiger partial charge >= 0.3 is 5.97 Å². The van der Waals surface area contributed by atoms with Crippen LogP contribution in [0, 0.1) is 5.92 Å². The molecule has 0 radical (unpaired) electrons. The molecule has 5 heteroatoms. The molecule has 0 saturated heterocycles. The Bertz CT molecular complexity index is 876. The van der Waals surface area contributed by atoms with E-state index in [-0.39, 0.29) is 24.3 Å². The van der Waals surface area contributed by atoms with Crippen LogP contribution in [0.25, 0.3) is 0 Å². The van der Waals surface area contributed by atoms with Gasteiger partial charge in [0.25, 0.3) is 0 Å². The fourth-order valence-electron chi connectivity index (χ4n) is 4.45. The molecule has 0 spiro atoms. The van der Waals surface area contributed by atoms with Gasteiger partial charge in [-0.25, -0.2) is 0 Å². The molecule has 0 heterocycles. The van der Waals surface area contributed by atoms with Crippen LogP contribution < -0.4 is 0 Å². The third-order valence-electron chi connectivity index (χ3n) is 5.68. The second-order valence-corrected chi connectivity index (χ2v) is 7.15. The van der Waals surface area contributed by atoms with Gasteiger partial charge in [0, 0.05) is 12.0 Å². The second kappa shape index (κ2) is 5.83. The van der Waals surface area contributed by atoms with Crippen LogP contribution in [0.1, 0.15) is 48.4 Å². The van der Waals surface area contributed by atoms with Gasteiger partial charge < -0.3 is 20.1 Å². The Hall–Kier alpha value is -2.37. The summed E-state index contributed by atoms with van der Waals surface area (Å²) >= 11 is 0. The Balaban J connectivity index is 1.90. The highest BCUT2D eigenvalue weighted by molar-refractivity contribution is 5.80. The predicted molar refractivity (Wildman–Crippen MR) is 94.5 cm³/mol. The summed E-state index contributed by atoms with van der Waals surface area (Å²) in [7, 11) is 0. The van der Waals surface area contributed by atoms with Crippen molar-refractivity contribution in [2.75, 3.05) is 6.61 Å². The number of aromatic hydroxyl groups is 1. The van der Waals surface area contributed by atoms with E-state index >= 15 is 0 Å². The average Bonchev–Trinajstić information content (AvgIpc) is 2.64. The van der Waals surface area contributed by atoms with Crippen molar-refractivity contribution in [3.05, 3.63) is 64.7 Å². The van der Waals surface area contributed by atoms with Crippen LogP contribution in [0.3, 0.4) is 0 Å². The molecule has 5 nitrogen and oxygen atoms in total. The highest BCUT2D eigenvalue weighted by atomic mass is 16.5. The summed E-state index contributed by atoms with van der Waals surface area (Å²) in [4.78, 5) is 12.8. The second-order valence-electron chi connectivity index (χ2n) is 7.15. The molecule has 3 N–H and O–H groups in total. The zero-order valence-corrected chi connectivity index (χ0v) is 14.6. The van der Waals surface area contributed by atoms with E-state index in [1.807, 2.05) is 6.92 Å². The van der Waals surface area contributed by atoms with E-state index in [4.69, 9.17) is 4.74 Å². The van der Waals surface area contributed by atoms with E-state index in [1.54, 1.807) is 36.4 Å². The number of carbonyl (C=O) groups is 1. The highest BCUT2D eigenvalue weighted by Crippen LogP contribution is 2.61. The maximum atomic E-state index is 12.8. The zero-order chi connectivity index (χ0) is 18.5. The number of phenols is 1. The summed E-state index contributed by atoms with van der Waals surface area (Å²) in [5.74, 6) is -1.55. The summed E-state index contributed by atoms with van der Waals surface area (Å²) in [6.45, 7) is 2.29. The lowest BCUT2D eigenvalue weighted by molar-refractivity contribution is -0.167. The average molecular weight is 354 g/mol.